The number of anilines is 1. The van der Waals surface area contributed by atoms with Crippen molar-refractivity contribution in [2.45, 2.75) is 12.5 Å². The second-order valence-corrected chi connectivity index (χ2v) is 7.63. The van der Waals surface area contributed by atoms with Gasteiger partial charge >= 0.3 is 6.03 Å². The Morgan fingerprint density at radius 2 is 1.88 bits per heavy atom. The topological polar surface area (TPSA) is 100 Å². The molecule has 0 saturated carbocycles. The third kappa shape index (κ3) is 4.76. The molecule has 32 heavy (non-hydrogen) atoms. The third-order valence-corrected chi connectivity index (χ3v) is 5.55. The molecular formula is C24H25N3O5. The molecule has 1 aliphatic carbocycles. The number of hydrogen-bond acceptors (Lipinski definition) is 5. The van der Waals surface area contributed by atoms with Crippen molar-refractivity contribution in [3.05, 3.63) is 83.6 Å². The lowest BCUT2D eigenvalue weighted by Crippen LogP contribution is -2.38. The molecule has 2 aromatic carbocycles. The highest BCUT2D eigenvalue weighted by Crippen LogP contribution is 2.34. The maximum atomic E-state index is 13.1. The van der Waals surface area contributed by atoms with Crippen molar-refractivity contribution in [3.63, 3.8) is 0 Å². The van der Waals surface area contributed by atoms with Gasteiger partial charge in [-0.25, -0.2) is 10.3 Å². The smallest absolute Gasteiger partial charge is 0.322 e. The van der Waals surface area contributed by atoms with Crippen LogP contribution in [0, 0.1) is 5.92 Å². The quantitative estimate of drug-likeness (QED) is 0.503. The molecule has 0 spiro atoms. The number of ether oxygens (including phenoxy) is 2. The van der Waals surface area contributed by atoms with Gasteiger partial charge in [0.05, 0.1) is 26.1 Å². The van der Waals surface area contributed by atoms with E-state index in [0.717, 1.165) is 11.1 Å². The van der Waals surface area contributed by atoms with Crippen LogP contribution < -0.4 is 15.5 Å². The van der Waals surface area contributed by atoms with Gasteiger partial charge in [-0.15, -0.1) is 0 Å². The predicted octanol–water partition coefficient (Wildman–Crippen LogP) is 3.64. The maximum Gasteiger partial charge on any atom is 0.322 e. The molecule has 1 heterocycles. The number of hydroxylamine groups is 1. The summed E-state index contributed by atoms with van der Waals surface area (Å²) in [5.74, 6) is 0.234. The van der Waals surface area contributed by atoms with E-state index in [0.29, 0.717) is 36.7 Å². The van der Waals surface area contributed by atoms with Crippen LogP contribution in [0.4, 0.5) is 10.5 Å². The lowest BCUT2D eigenvalue weighted by atomic mass is 9.94. The number of carbonyl (C=O) groups is 2. The molecule has 0 bridgehead atoms. The summed E-state index contributed by atoms with van der Waals surface area (Å²) in [6, 6.07) is 16.5. The Balaban J connectivity index is 1.59. The van der Waals surface area contributed by atoms with Crippen molar-refractivity contribution in [1.82, 2.24) is 10.4 Å². The zero-order valence-electron chi connectivity index (χ0n) is 17.7. The maximum absolute atomic E-state index is 13.1. The van der Waals surface area contributed by atoms with Gasteiger partial charge in [0.15, 0.2) is 0 Å². The minimum atomic E-state index is -0.533. The molecule has 1 fully saturated rings. The van der Waals surface area contributed by atoms with E-state index < -0.39 is 17.9 Å². The zero-order chi connectivity index (χ0) is 22.5. The Hall–Kier alpha value is -3.78. The molecular weight excluding hydrogens is 410 g/mol. The van der Waals surface area contributed by atoms with E-state index in [9.17, 15) is 9.59 Å². The molecule has 4 rings (SSSR count). The molecule has 2 aromatic rings. The Morgan fingerprint density at radius 1 is 1.12 bits per heavy atom. The van der Waals surface area contributed by atoms with Crippen LogP contribution in [0.1, 0.15) is 18.1 Å². The minimum absolute atomic E-state index is 0.253. The van der Waals surface area contributed by atoms with Gasteiger partial charge in [-0.1, -0.05) is 36.4 Å². The molecule has 0 radical (unpaired) electrons. The standard InChI is InChI=1S/C24H25N3O5/c1-31-20-11-9-19(10-12-20)25-24(29)27-14-18-8-7-17(23(28)26-30)13-21(18)32-22(15-27)16-5-3-2-4-6-16/h2-6,8-13,17,22,30H,7,14-15H2,1H3,(H,25,29)(H,26,28)/t17?,22-/m1/s1. The summed E-state index contributed by atoms with van der Waals surface area (Å²) in [6.07, 6.45) is 3.60. The molecule has 2 aliphatic rings. The van der Waals surface area contributed by atoms with E-state index in [1.54, 1.807) is 47.8 Å². The van der Waals surface area contributed by atoms with Crippen molar-refractivity contribution < 1.29 is 24.3 Å². The number of hydrogen-bond donors (Lipinski definition) is 3. The van der Waals surface area contributed by atoms with Gasteiger partial charge in [-0.2, -0.15) is 0 Å². The number of rotatable bonds is 4. The number of nitrogens with zero attached hydrogens (tertiary/aromatic N) is 1. The predicted molar refractivity (Wildman–Crippen MR) is 118 cm³/mol. The van der Waals surface area contributed by atoms with Crippen LogP contribution in [0.2, 0.25) is 0 Å². The molecule has 1 aliphatic heterocycles. The summed E-state index contributed by atoms with van der Waals surface area (Å²) in [7, 11) is 1.59. The fourth-order valence-corrected chi connectivity index (χ4v) is 3.78. The normalized spacial score (nSPS) is 20.0. The first-order valence-corrected chi connectivity index (χ1v) is 10.3. The van der Waals surface area contributed by atoms with Crippen molar-refractivity contribution in [2.75, 3.05) is 25.5 Å². The van der Waals surface area contributed by atoms with Gasteiger partial charge in [0.25, 0.3) is 5.91 Å². The summed E-state index contributed by atoms with van der Waals surface area (Å²) >= 11 is 0. The first kappa shape index (κ1) is 21.5. The number of methoxy groups -OCH3 is 1. The van der Waals surface area contributed by atoms with Crippen LogP contribution in [0.3, 0.4) is 0 Å². The lowest BCUT2D eigenvalue weighted by molar-refractivity contribution is -0.131. The average molecular weight is 435 g/mol. The number of fused-ring (bicyclic) bond motifs is 1. The number of carbonyl (C=O) groups excluding carboxylic acids is 2. The van der Waals surface area contributed by atoms with Gasteiger partial charge < -0.3 is 19.7 Å². The summed E-state index contributed by atoms with van der Waals surface area (Å²) in [5.41, 5.74) is 4.11. The molecule has 1 unspecified atom stereocenters. The summed E-state index contributed by atoms with van der Waals surface area (Å²) in [5, 5.41) is 11.9. The number of urea groups is 1. The highest BCUT2D eigenvalue weighted by atomic mass is 16.5. The molecule has 8 heteroatoms. The summed E-state index contributed by atoms with van der Waals surface area (Å²) in [6.45, 7) is 0.669. The van der Waals surface area contributed by atoms with Crippen LogP contribution in [0.15, 0.2) is 78.1 Å². The average Bonchev–Trinajstić information content (AvgIpc) is 3.04. The van der Waals surface area contributed by atoms with Crippen LogP contribution in [-0.2, 0) is 9.53 Å². The minimum Gasteiger partial charge on any atom is -0.497 e. The molecule has 3 N–H and O–H groups in total. The van der Waals surface area contributed by atoms with Gasteiger partial charge in [0.1, 0.15) is 17.6 Å². The van der Waals surface area contributed by atoms with E-state index in [2.05, 4.69) is 5.32 Å². The first-order valence-electron chi connectivity index (χ1n) is 10.3. The molecule has 2 atom stereocenters. The fourth-order valence-electron chi connectivity index (χ4n) is 3.78. The van der Waals surface area contributed by atoms with E-state index in [1.807, 2.05) is 36.4 Å². The van der Waals surface area contributed by atoms with Crippen LogP contribution in [-0.4, -0.2) is 42.2 Å². The molecule has 1 saturated heterocycles. The molecule has 0 aromatic heterocycles. The summed E-state index contributed by atoms with van der Waals surface area (Å²) in [4.78, 5) is 26.8. The number of amides is 3. The number of benzene rings is 2. The second-order valence-electron chi connectivity index (χ2n) is 7.63. The Kier molecular flexibility index (Phi) is 6.42. The van der Waals surface area contributed by atoms with Crippen molar-refractivity contribution in [1.29, 1.82) is 0 Å². The molecule has 3 amide bonds. The third-order valence-electron chi connectivity index (χ3n) is 5.55. The fraction of sp³-hybridized carbons (Fsp3) is 0.250. The second kappa shape index (κ2) is 9.57. The van der Waals surface area contributed by atoms with Gasteiger partial charge in [0.2, 0.25) is 0 Å². The largest absolute Gasteiger partial charge is 0.497 e. The molecule has 166 valence electrons. The van der Waals surface area contributed by atoms with Crippen LogP contribution in [0.5, 0.6) is 5.75 Å². The van der Waals surface area contributed by atoms with Crippen LogP contribution in [0.25, 0.3) is 0 Å². The van der Waals surface area contributed by atoms with Crippen molar-refractivity contribution in [3.8, 4) is 5.75 Å². The van der Waals surface area contributed by atoms with E-state index in [4.69, 9.17) is 14.7 Å². The van der Waals surface area contributed by atoms with E-state index >= 15 is 0 Å². The van der Waals surface area contributed by atoms with E-state index in [-0.39, 0.29) is 6.03 Å². The van der Waals surface area contributed by atoms with Crippen LogP contribution >= 0.6 is 0 Å². The number of allylic oxidation sites excluding steroid dienone is 1. The van der Waals surface area contributed by atoms with Crippen molar-refractivity contribution >= 4 is 17.6 Å². The summed E-state index contributed by atoms with van der Waals surface area (Å²) < 4.78 is 11.4. The van der Waals surface area contributed by atoms with Gasteiger partial charge in [0, 0.05) is 11.3 Å². The van der Waals surface area contributed by atoms with Crippen molar-refractivity contribution in [2.24, 2.45) is 5.92 Å². The molecule has 8 nitrogen and oxygen atoms in total. The van der Waals surface area contributed by atoms with Gasteiger partial charge in [-0.3, -0.25) is 10.0 Å². The SMILES string of the molecule is COc1ccc(NC(=O)N2CC3=CCC(C(=O)NO)C=C3O[C@@H](c3ccccc3)C2)cc1. The Bertz CT molecular complexity index is 1030. The first-order chi connectivity index (χ1) is 15.6. The number of nitrogens with one attached hydrogen (secondary N) is 2. The van der Waals surface area contributed by atoms with E-state index in [1.165, 1.54) is 0 Å². The highest BCUT2D eigenvalue weighted by Gasteiger charge is 2.32. The Morgan fingerprint density at radius 3 is 2.56 bits per heavy atom. The monoisotopic (exact) mass is 435 g/mol. The highest BCUT2D eigenvalue weighted by molar-refractivity contribution is 5.89. The Labute approximate surface area is 186 Å². The van der Waals surface area contributed by atoms with Gasteiger partial charge in [-0.05, 0) is 42.3 Å². The lowest BCUT2D eigenvalue weighted by Gasteiger charge is -2.24. The zero-order valence-corrected chi connectivity index (χ0v) is 17.7.